The summed E-state index contributed by atoms with van der Waals surface area (Å²) in [5.74, 6) is -0.902. The summed E-state index contributed by atoms with van der Waals surface area (Å²) >= 11 is 0. The van der Waals surface area contributed by atoms with Gasteiger partial charge in [-0.15, -0.1) is 0 Å². The zero-order valence-electron chi connectivity index (χ0n) is 17.5. The predicted molar refractivity (Wildman–Crippen MR) is 120 cm³/mol. The molecule has 0 unspecified atom stereocenters. The second-order valence-corrected chi connectivity index (χ2v) is 9.39. The van der Waals surface area contributed by atoms with Gasteiger partial charge >= 0.3 is 6.18 Å². The highest BCUT2D eigenvalue weighted by molar-refractivity contribution is 7.90. The summed E-state index contributed by atoms with van der Waals surface area (Å²) in [7, 11) is -3.56. The molecule has 1 heterocycles. The van der Waals surface area contributed by atoms with Crippen LogP contribution in [0.2, 0.25) is 0 Å². The molecule has 0 spiro atoms. The van der Waals surface area contributed by atoms with Gasteiger partial charge in [0.15, 0.2) is 9.84 Å². The summed E-state index contributed by atoms with van der Waals surface area (Å²) < 4.78 is 66.1. The normalized spacial score (nSPS) is 11.9. The Balaban J connectivity index is 1.56. The summed E-state index contributed by atoms with van der Waals surface area (Å²) in [5, 5.41) is 6.52. The number of amides is 1. The van der Waals surface area contributed by atoms with Crippen molar-refractivity contribution in [2.45, 2.75) is 16.8 Å². The number of hydrogen-bond acceptors (Lipinski definition) is 4. The maximum atomic E-state index is 13.2. The van der Waals surface area contributed by atoms with E-state index in [9.17, 15) is 26.4 Å². The quantitative estimate of drug-likeness (QED) is 0.411. The molecule has 1 aromatic heterocycles. The van der Waals surface area contributed by atoms with E-state index in [-0.39, 0.29) is 27.6 Å². The van der Waals surface area contributed by atoms with Crippen molar-refractivity contribution in [3.63, 3.8) is 0 Å². The number of rotatable bonds is 6. The molecule has 6 nitrogen and oxygen atoms in total. The Labute approximate surface area is 193 Å². The fraction of sp³-hybridized carbons (Fsp3) is 0.0833. The summed E-state index contributed by atoms with van der Waals surface area (Å²) in [6, 6.07) is 18.4. The molecule has 0 aliphatic heterocycles. The number of alkyl halides is 3. The Hall–Kier alpha value is -3.92. The van der Waals surface area contributed by atoms with E-state index in [1.54, 1.807) is 30.5 Å². The van der Waals surface area contributed by atoms with Gasteiger partial charge in [0.2, 0.25) is 0 Å². The van der Waals surface area contributed by atoms with Gasteiger partial charge in [-0.1, -0.05) is 30.3 Å². The van der Waals surface area contributed by atoms with Crippen LogP contribution in [0.5, 0.6) is 0 Å². The van der Waals surface area contributed by atoms with Crippen LogP contribution in [0.1, 0.15) is 21.5 Å². The van der Waals surface area contributed by atoms with Gasteiger partial charge in [0.1, 0.15) is 0 Å². The van der Waals surface area contributed by atoms with Gasteiger partial charge in [-0.25, -0.2) is 13.1 Å². The van der Waals surface area contributed by atoms with E-state index in [0.717, 1.165) is 12.1 Å². The Morgan fingerprint density at radius 3 is 2.26 bits per heavy atom. The van der Waals surface area contributed by atoms with Gasteiger partial charge in [0.05, 0.1) is 27.6 Å². The van der Waals surface area contributed by atoms with E-state index < -0.39 is 27.5 Å². The molecule has 174 valence electrons. The van der Waals surface area contributed by atoms with Gasteiger partial charge < -0.3 is 5.32 Å². The Morgan fingerprint density at radius 1 is 0.941 bits per heavy atom. The summed E-state index contributed by atoms with van der Waals surface area (Å²) in [4.78, 5) is 13.0. The Kier molecular flexibility index (Phi) is 6.25. The number of aromatic nitrogens is 2. The smallest absolute Gasteiger partial charge is 0.320 e. The molecule has 10 heteroatoms. The average Bonchev–Trinajstić information content (AvgIpc) is 3.34. The molecular formula is C24H18F3N3O3S. The zero-order valence-corrected chi connectivity index (χ0v) is 18.3. The number of carbonyl (C=O) groups excluding carboxylic acids is 1. The van der Waals surface area contributed by atoms with Crippen LogP contribution in [0, 0.1) is 0 Å². The summed E-state index contributed by atoms with van der Waals surface area (Å²) in [6.07, 6.45) is -1.58. The molecule has 0 bridgehead atoms. The number of benzene rings is 3. The predicted octanol–water partition coefficient (Wildman–Crippen LogP) is 5.12. The zero-order chi connectivity index (χ0) is 24.3. The highest BCUT2D eigenvalue weighted by Gasteiger charge is 2.31. The van der Waals surface area contributed by atoms with Crippen LogP contribution in [0.25, 0.3) is 5.69 Å². The second kappa shape index (κ2) is 9.14. The van der Waals surface area contributed by atoms with Crippen molar-refractivity contribution in [2.24, 2.45) is 0 Å². The molecule has 0 atom stereocenters. The molecule has 4 rings (SSSR count). The van der Waals surface area contributed by atoms with Crippen molar-refractivity contribution in [2.75, 3.05) is 5.32 Å². The Bertz CT molecular complexity index is 1400. The minimum Gasteiger partial charge on any atom is -0.320 e. The third-order valence-electron chi connectivity index (χ3n) is 5.00. The third kappa shape index (κ3) is 5.18. The third-order valence-corrected chi connectivity index (χ3v) is 6.70. The van der Waals surface area contributed by atoms with Gasteiger partial charge in [-0.2, -0.15) is 18.3 Å². The second-order valence-electron chi connectivity index (χ2n) is 7.40. The van der Waals surface area contributed by atoms with Crippen LogP contribution in [0.4, 0.5) is 18.9 Å². The van der Waals surface area contributed by atoms with E-state index in [4.69, 9.17) is 0 Å². The van der Waals surface area contributed by atoms with Crippen molar-refractivity contribution in [3.05, 3.63) is 108 Å². The molecule has 1 amide bonds. The molecule has 0 saturated carbocycles. The first-order valence-corrected chi connectivity index (χ1v) is 11.7. The number of hydrogen-bond donors (Lipinski definition) is 1. The van der Waals surface area contributed by atoms with Gasteiger partial charge in [0, 0.05) is 18.0 Å². The van der Waals surface area contributed by atoms with Crippen LogP contribution in [0.15, 0.2) is 96.2 Å². The van der Waals surface area contributed by atoms with Gasteiger partial charge in [-0.05, 0) is 54.1 Å². The fourth-order valence-corrected chi connectivity index (χ4v) is 4.67. The van der Waals surface area contributed by atoms with Crippen molar-refractivity contribution in [1.29, 1.82) is 0 Å². The number of nitrogens with one attached hydrogen (secondary N) is 1. The first kappa shape index (κ1) is 23.2. The number of sulfone groups is 1. The Morgan fingerprint density at radius 2 is 1.65 bits per heavy atom. The minimum atomic E-state index is -4.59. The maximum absolute atomic E-state index is 13.2. The molecular weight excluding hydrogens is 467 g/mol. The first-order chi connectivity index (χ1) is 16.1. The monoisotopic (exact) mass is 485 g/mol. The largest absolute Gasteiger partial charge is 0.416 e. The van der Waals surface area contributed by atoms with Crippen molar-refractivity contribution in [1.82, 2.24) is 9.78 Å². The van der Waals surface area contributed by atoms with Crippen LogP contribution in [0.3, 0.4) is 0 Å². The number of carbonyl (C=O) groups is 1. The molecule has 0 fully saturated rings. The number of anilines is 1. The van der Waals surface area contributed by atoms with Gasteiger partial charge in [-0.3, -0.25) is 4.79 Å². The highest BCUT2D eigenvalue weighted by atomic mass is 32.2. The van der Waals surface area contributed by atoms with Crippen LogP contribution < -0.4 is 5.32 Å². The molecule has 0 radical (unpaired) electrons. The molecule has 0 aliphatic carbocycles. The SMILES string of the molecule is O=C(Nc1cc(C(F)(F)F)ccc1-n1cccn1)c1ccc(CS(=O)(=O)c2ccccc2)cc1. The maximum Gasteiger partial charge on any atom is 0.416 e. The van der Waals surface area contributed by atoms with Crippen molar-refractivity contribution in [3.8, 4) is 5.69 Å². The minimum absolute atomic E-state index is 0.0701. The van der Waals surface area contributed by atoms with Crippen molar-refractivity contribution < 1.29 is 26.4 Å². The van der Waals surface area contributed by atoms with Crippen LogP contribution >= 0.6 is 0 Å². The number of halogens is 3. The molecule has 3 aromatic carbocycles. The van der Waals surface area contributed by atoms with E-state index in [1.165, 1.54) is 53.3 Å². The first-order valence-electron chi connectivity index (χ1n) is 10.0. The lowest BCUT2D eigenvalue weighted by molar-refractivity contribution is -0.137. The molecule has 0 saturated heterocycles. The lowest BCUT2D eigenvalue weighted by Gasteiger charge is -2.15. The van der Waals surface area contributed by atoms with Gasteiger partial charge in [0.25, 0.3) is 5.91 Å². The lowest BCUT2D eigenvalue weighted by atomic mass is 10.1. The molecule has 1 N–H and O–H groups in total. The molecule has 34 heavy (non-hydrogen) atoms. The lowest BCUT2D eigenvalue weighted by Crippen LogP contribution is -2.16. The average molecular weight is 485 g/mol. The molecule has 0 aliphatic rings. The van der Waals surface area contributed by atoms with E-state index >= 15 is 0 Å². The molecule has 4 aromatic rings. The highest BCUT2D eigenvalue weighted by Crippen LogP contribution is 2.33. The fourth-order valence-electron chi connectivity index (χ4n) is 3.30. The van der Waals surface area contributed by atoms with Crippen LogP contribution in [-0.4, -0.2) is 24.1 Å². The van der Waals surface area contributed by atoms with Crippen LogP contribution in [-0.2, 0) is 21.8 Å². The summed E-state index contributed by atoms with van der Waals surface area (Å²) in [6.45, 7) is 0. The van der Waals surface area contributed by atoms with E-state index in [0.29, 0.717) is 5.56 Å². The standard InChI is InChI=1S/C24H18F3N3O3S/c25-24(26,27)19-11-12-22(30-14-4-13-28-30)21(15-19)29-23(31)18-9-7-17(8-10-18)16-34(32,33)20-5-2-1-3-6-20/h1-15H,16H2,(H,29,31). The topological polar surface area (TPSA) is 81.1 Å². The van der Waals surface area contributed by atoms with Crippen molar-refractivity contribution >= 4 is 21.4 Å². The summed E-state index contributed by atoms with van der Waals surface area (Å²) in [5.41, 5.74) is -0.0993. The van der Waals surface area contributed by atoms with E-state index in [2.05, 4.69) is 10.4 Å². The van der Waals surface area contributed by atoms with E-state index in [1.807, 2.05) is 0 Å². The number of nitrogens with zero attached hydrogens (tertiary/aromatic N) is 2.